The maximum Gasteiger partial charge on any atom is 0.281 e. The average molecular weight is 261 g/mol. The van der Waals surface area contributed by atoms with Gasteiger partial charge in [-0.05, 0) is 38.6 Å². The van der Waals surface area contributed by atoms with Gasteiger partial charge in [-0.25, -0.2) is 0 Å². The maximum absolute atomic E-state index is 12.3. The van der Waals surface area contributed by atoms with Crippen LogP contribution >= 0.6 is 0 Å². The minimum Gasteiger partial charge on any atom is -0.316 e. The Kier molecular flexibility index (Phi) is 3.51. The Balaban J connectivity index is 2.10. The molecule has 5 nitrogen and oxygen atoms in total. The molecule has 1 spiro atoms. The van der Waals surface area contributed by atoms with Crippen molar-refractivity contribution in [3.05, 3.63) is 0 Å². The number of nitrogens with zero attached hydrogens (tertiary/aromatic N) is 2. The monoisotopic (exact) mass is 261 g/mol. The first kappa shape index (κ1) is 13.3. The Hall–Kier alpha value is -0.170. The Labute approximate surface area is 104 Å². The molecule has 1 unspecified atom stereocenters. The van der Waals surface area contributed by atoms with Crippen molar-refractivity contribution in [2.75, 3.05) is 33.2 Å². The van der Waals surface area contributed by atoms with Gasteiger partial charge in [0.15, 0.2) is 0 Å². The van der Waals surface area contributed by atoms with E-state index in [1.165, 1.54) is 4.31 Å². The lowest BCUT2D eigenvalue weighted by atomic mass is 9.87. The van der Waals surface area contributed by atoms with E-state index in [9.17, 15) is 8.42 Å². The lowest BCUT2D eigenvalue weighted by Crippen LogP contribution is -2.44. The molecule has 2 aliphatic heterocycles. The van der Waals surface area contributed by atoms with E-state index in [0.29, 0.717) is 13.1 Å². The highest BCUT2D eigenvalue weighted by Gasteiger charge is 2.45. The minimum atomic E-state index is -3.26. The smallest absolute Gasteiger partial charge is 0.281 e. The van der Waals surface area contributed by atoms with Crippen molar-refractivity contribution in [2.24, 2.45) is 5.41 Å². The zero-order valence-corrected chi connectivity index (χ0v) is 11.8. The van der Waals surface area contributed by atoms with Crippen molar-refractivity contribution < 1.29 is 8.42 Å². The molecule has 0 bridgehead atoms. The molecule has 0 aromatic heterocycles. The van der Waals surface area contributed by atoms with Crippen LogP contribution < -0.4 is 5.32 Å². The summed E-state index contributed by atoms with van der Waals surface area (Å²) in [6.07, 6.45) is 2.09. The zero-order valence-electron chi connectivity index (χ0n) is 10.9. The van der Waals surface area contributed by atoms with E-state index in [1.54, 1.807) is 11.4 Å². The molecule has 2 aliphatic rings. The van der Waals surface area contributed by atoms with E-state index in [2.05, 4.69) is 5.32 Å². The molecule has 1 N–H and O–H groups in total. The molecule has 2 rings (SSSR count). The Morgan fingerprint density at radius 1 is 1.35 bits per heavy atom. The molecule has 17 heavy (non-hydrogen) atoms. The van der Waals surface area contributed by atoms with Gasteiger partial charge in [-0.15, -0.1) is 0 Å². The standard InChI is InChI=1S/C11H23N3O2S/c1-10(2)13(3)17(15,16)14-7-5-11(9-14)4-6-12-8-11/h10,12H,4-9H2,1-3H3. The van der Waals surface area contributed by atoms with E-state index >= 15 is 0 Å². The fraction of sp³-hybridized carbons (Fsp3) is 1.00. The third-order valence-corrected chi connectivity index (χ3v) is 6.27. The van der Waals surface area contributed by atoms with Gasteiger partial charge in [0.25, 0.3) is 10.2 Å². The summed E-state index contributed by atoms with van der Waals surface area (Å²) in [5.74, 6) is 0. The summed E-state index contributed by atoms with van der Waals surface area (Å²) in [5, 5.41) is 3.34. The van der Waals surface area contributed by atoms with Crippen molar-refractivity contribution in [2.45, 2.75) is 32.7 Å². The molecular formula is C11H23N3O2S. The van der Waals surface area contributed by atoms with Gasteiger partial charge in [-0.2, -0.15) is 17.0 Å². The van der Waals surface area contributed by atoms with Crippen LogP contribution in [0.15, 0.2) is 0 Å². The fourth-order valence-corrected chi connectivity index (χ4v) is 4.34. The predicted octanol–water partition coefficient (Wildman–Crippen LogP) is 0.257. The second kappa shape index (κ2) is 4.50. The second-order valence-electron chi connectivity index (χ2n) is 5.63. The molecule has 2 saturated heterocycles. The Morgan fingerprint density at radius 3 is 2.59 bits per heavy atom. The third kappa shape index (κ3) is 2.36. The summed E-state index contributed by atoms with van der Waals surface area (Å²) in [6, 6.07) is 0.0123. The molecule has 2 fully saturated rings. The van der Waals surface area contributed by atoms with Crippen molar-refractivity contribution in [1.29, 1.82) is 0 Å². The number of hydrogen-bond acceptors (Lipinski definition) is 3. The summed E-state index contributed by atoms with van der Waals surface area (Å²) >= 11 is 0. The lowest BCUT2D eigenvalue weighted by molar-refractivity contribution is 0.316. The zero-order chi connectivity index (χ0) is 12.7. The maximum atomic E-state index is 12.3. The van der Waals surface area contributed by atoms with Crippen LogP contribution in [0, 0.1) is 5.41 Å². The molecule has 0 amide bonds. The van der Waals surface area contributed by atoms with Crippen LogP contribution in [-0.2, 0) is 10.2 Å². The first-order chi connectivity index (χ1) is 7.87. The SMILES string of the molecule is CC(C)N(C)S(=O)(=O)N1CCC2(CCNC2)C1. The molecule has 0 aliphatic carbocycles. The first-order valence-corrected chi connectivity index (χ1v) is 7.71. The highest BCUT2D eigenvalue weighted by molar-refractivity contribution is 7.86. The van der Waals surface area contributed by atoms with Crippen molar-refractivity contribution in [1.82, 2.24) is 13.9 Å². The molecule has 6 heteroatoms. The van der Waals surface area contributed by atoms with E-state index in [0.717, 1.165) is 25.9 Å². The van der Waals surface area contributed by atoms with Crippen LogP contribution in [0.3, 0.4) is 0 Å². The average Bonchev–Trinajstić information content (AvgIpc) is 2.89. The van der Waals surface area contributed by atoms with Crippen molar-refractivity contribution in [3.8, 4) is 0 Å². The number of hydrogen-bond donors (Lipinski definition) is 1. The molecule has 0 saturated carbocycles. The highest BCUT2D eigenvalue weighted by atomic mass is 32.2. The minimum absolute atomic E-state index is 0.0123. The normalized spacial score (nSPS) is 31.1. The van der Waals surface area contributed by atoms with Crippen molar-refractivity contribution in [3.63, 3.8) is 0 Å². The van der Waals surface area contributed by atoms with Crippen LogP contribution in [0.2, 0.25) is 0 Å². The van der Waals surface area contributed by atoms with Gasteiger partial charge in [0.05, 0.1) is 0 Å². The number of nitrogens with one attached hydrogen (secondary N) is 1. The summed E-state index contributed by atoms with van der Waals surface area (Å²) in [4.78, 5) is 0. The van der Waals surface area contributed by atoms with Gasteiger partial charge in [0.2, 0.25) is 0 Å². The van der Waals surface area contributed by atoms with E-state index in [4.69, 9.17) is 0 Å². The van der Waals surface area contributed by atoms with Gasteiger partial charge in [-0.3, -0.25) is 0 Å². The molecule has 2 heterocycles. The highest BCUT2D eigenvalue weighted by Crippen LogP contribution is 2.37. The Bertz CT molecular complexity index is 374. The summed E-state index contributed by atoms with van der Waals surface area (Å²) in [7, 11) is -1.60. The molecule has 0 aromatic rings. The van der Waals surface area contributed by atoms with Crippen LogP contribution in [0.5, 0.6) is 0 Å². The second-order valence-corrected chi connectivity index (χ2v) is 7.62. The van der Waals surface area contributed by atoms with Crippen LogP contribution in [0.1, 0.15) is 26.7 Å². The molecule has 1 atom stereocenters. The van der Waals surface area contributed by atoms with Crippen LogP contribution in [0.25, 0.3) is 0 Å². The van der Waals surface area contributed by atoms with Gasteiger partial charge in [0, 0.05) is 32.7 Å². The molecular weight excluding hydrogens is 238 g/mol. The Morgan fingerprint density at radius 2 is 2.06 bits per heavy atom. The van der Waals surface area contributed by atoms with Crippen LogP contribution in [-0.4, -0.2) is 56.3 Å². The van der Waals surface area contributed by atoms with Crippen molar-refractivity contribution >= 4 is 10.2 Å². The fourth-order valence-electron chi connectivity index (χ4n) is 2.68. The van der Waals surface area contributed by atoms with Gasteiger partial charge in [-0.1, -0.05) is 0 Å². The molecule has 100 valence electrons. The van der Waals surface area contributed by atoms with Gasteiger partial charge in [0.1, 0.15) is 0 Å². The summed E-state index contributed by atoms with van der Waals surface area (Å²) in [5.41, 5.74) is 0.199. The quantitative estimate of drug-likeness (QED) is 0.793. The predicted molar refractivity (Wildman–Crippen MR) is 67.9 cm³/mol. The van der Waals surface area contributed by atoms with E-state index < -0.39 is 10.2 Å². The van der Waals surface area contributed by atoms with E-state index in [-0.39, 0.29) is 11.5 Å². The summed E-state index contributed by atoms with van der Waals surface area (Å²) in [6.45, 7) is 7.14. The number of rotatable bonds is 3. The van der Waals surface area contributed by atoms with Gasteiger partial charge < -0.3 is 5.32 Å². The van der Waals surface area contributed by atoms with Gasteiger partial charge >= 0.3 is 0 Å². The lowest BCUT2D eigenvalue weighted by Gasteiger charge is -2.28. The first-order valence-electron chi connectivity index (χ1n) is 6.31. The van der Waals surface area contributed by atoms with E-state index in [1.807, 2.05) is 13.8 Å². The summed E-state index contributed by atoms with van der Waals surface area (Å²) < 4.78 is 27.8. The largest absolute Gasteiger partial charge is 0.316 e. The molecule has 0 radical (unpaired) electrons. The third-order valence-electron chi connectivity index (χ3n) is 4.15. The molecule has 0 aromatic carbocycles. The van der Waals surface area contributed by atoms with Crippen LogP contribution in [0.4, 0.5) is 0 Å². The topological polar surface area (TPSA) is 52.7 Å².